The molecule has 1 aromatic rings. The molecular formula is C11H12F3N3O3. The maximum atomic E-state index is 12.0. The first-order valence-corrected chi connectivity index (χ1v) is 5.90. The lowest BCUT2D eigenvalue weighted by Crippen LogP contribution is -2.36. The van der Waals surface area contributed by atoms with Crippen molar-refractivity contribution in [2.75, 3.05) is 0 Å². The van der Waals surface area contributed by atoms with Gasteiger partial charge < -0.3 is 15.0 Å². The molecule has 2 heterocycles. The number of nitrogens with zero attached hydrogens (tertiary/aromatic N) is 2. The summed E-state index contributed by atoms with van der Waals surface area (Å²) in [5.74, 6) is -2.94. The highest BCUT2D eigenvalue weighted by molar-refractivity contribution is 5.81. The van der Waals surface area contributed by atoms with Crippen LogP contribution in [0, 0.1) is 5.92 Å². The van der Waals surface area contributed by atoms with E-state index in [1.807, 2.05) is 0 Å². The molecule has 6 nitrogen and oxygen atoms in total. The van der Waals surface area contributed by atoms with Gasteiger partial charge in [0.2, 0.25) is 0 Å². The molecule has 0 saturated carbocycles. The highest BCUT2D eigenvalue weighted by Crippen LogP contribution is 2.21. The highest BCUT2D eigenvalue weighted by atomic mass is 19.4. The SMILES string of the molecule is O=C(O)C1CCn2cc(CNC(=O)C(F)(F)F)nc2C1. The number of carboxylic acid groups (broad SMARTS) is 1. The Morgan fingerprint density at radius 3 is 2.80 bits per heavy atom. The van der Waals surface area contributed by atoms with Crippen LogP contribution in [0.2, 0.25) is 0 Å². The van der Waals surface area contributed by atoms with Gasteiger partial charge in [-0.05, 0) is 6.42 Å². The Balaban J connectivity index is 2.00. The number of rotatable bonds is 3. The minimum atomic E-state index is -4.92. The first kappa shape index (κ1) is 14.4. The van der Waals surface area contributed by atoms with E-state index in [-0.39, 0.29) is 18.7 Å². The number of alkyl halides is 3. The molecule has 2 N–H and O–H groups in total. The third-order valence-electron chi connectivity index (χ3n) is 3.09. The largest absolute Gasteiger partial charge is 0.481 e. The zero-order chi connectivity index (χ0) is 14.9. The lowest BCUT2D eigenvalue weighted by atomic mass is 9.98. The Hall–Kier alpha value is -2.06. The lowest BCUT2D eigenvalue weighted by Gasteiger charge is -2.19. The average molecular weight is 291 g/mol. The second-order valence-electron chi connectivity index (χ2n) is 4.55. The molecule has 0 aliphatic carbocycles. The number of hydrogen-bond acceptors (Lipinski definition) is 3. The van der Waals surface area contributed by atoms with E-state index in [1.165, 1.54) is 6.20 Å². The normalized spacial score (nSPS) is 18.4. The van der Waals surface area contributed by atoms with Crippen LogP contribution in [0.1, 0.15) is 17.9 Å². The van der Waals surface area contributed by atoms with Crippen LogP contribution in [0.4, 0.5) is 13.2 Å². The molecular weight excluding hydrogens is 279 g/mol. The number of carbonyl (C=O) groups is 2. The molecule has 0 aromatic carbocycles. The molecule has 110 valence electrons. The number of nitrogens with one attached hydrogen (secondary N) is 1. The van der Waals surface area contributed by atoms with Gasteiger partial charge in [-0.25, -0.2) is 4.98 Å². The van der Waals surface area contributed by atoms with E-state index in [0.29, 0.717) is 18.8 Å². The molecule has 9 heteroatoms. The van der Waals surface area contributed by atoms with Gasteiger partial charge in [0.15, 0.2) is 0 Å². The standard InChI is InChI=1S/C11H12F3N3O3/c12-11(13,14)10(20)15-4-7-5-17-2-1-6(9(18)19)3-8(17)16-7/h5-6H,1-4H2,(H,15,20)(H,18,19). The number of imidazole rings is 1. The highest BCUT2D eigenvalue weighted by Gasteiger charge is 2.38. The second-order valence-corrected chi connectivity index (χ2v) is 4.55. The van der Waals surface area contributed by atoms with Gasteiger partial charge in [-0.1, -0.05) is 0 Å². The summed E-state index contributed by atoms with van der Waals surface area (Å²) in [6, 6.07) is 0. The molecule has 0 radical (unpaired) electrons. The van der Waals surface area contributed by atoms with Crippen molar-refractivity contribution >= 4 is 11.9 Å². The molecule has 1 unspecified atom stereocenters. The first-order valence-electron chi connectivity index (χ1n) is 5.90. The van der Waals surface area contributed by atoms with Crippen molar-refractivity contribution in [1.29, 1.82) is 0 Å². The molecule has 2 rings (SSSR count). The zero-order valence-electron chi connectivity index (χ0n) is 10.3. The Morgan fingerprint density at radius 2 is 2.20 bits per heavy atom. The number of carbonyl (C=O) groups excluding carboxylic acids is 1. The number of aryl methyl sites for hydroxylation is 1. The number of aliphatic carboxylic acids is 1. The predicted octanol–water partition coefficient (Wildman–Crippen LogP) is 0.709. The zero-order valence-corrected chi connectivity index (χ0v) is 10.3. The molecule has 1 aliphatic heterocycles. The summed E-state index contributed by atoms with van der Waals surface area (Å²) < 4.78 is 37.8. The van der Waals surface area contributed by atoms with Crippen LogP contribution in [0.5, 0.6) is 0 Å². The van der Waals surface area contributed by atoms with Crippen LogP contribution in [0.15, 0.2) is 6.20 Å². The van der Waals surface area contributed by atoms with E-state index in [4.69, 9.17) is 5.11 Å². The minimum Gasteiger partial charge on any atom is -0.481 e. The molecule has 0 bridgehead atoms. The van der Waals surface area contributed by atoms with Gasteiger partial charge in [-0.2, -0.15) is 13.2 Å². The Labute approximate surface area is 111 Å². The fraction of sp³-hybridized carbons (Fsp3) is 0.545. The van der Waals surface area contributed by atoms with Crippen LogP contribution < -0.4 is 5.32 Å². The first-order chi connectivity index (χ1) is 9.27. The number of amides is 1. The van der Waals surface area contributed by atoms with Gasteiger partial charge in [-0.3, -0.25) is 9.59 Å². The van der Waals surface area contributed by atoms with E-state index in [2.05, 4.69) is 4.98 Å². The summed E-state index contributed by atoms with van der Waals surface area (Å²) >= 11 is 0. The van der Waals surface area contributed by atoms with E-state index < -0.39 is 24.0 Å². The molecule has 0 fully saturated rings. The minimum absolute atomic E-state index is 0.239. The van der Waals surface area contributed by atoms with Crippen molar-refractivity contribution in [3.63, 3.8) is 0 Å². The number of hydrogen-bond donors (Lipinski definition) is 2. The summed E-state index contributed by atoms with van der Waals surface area (Å²) in [6.07, 6.45) is -2.70. The van der Waals surface area contributed by atoms with Crippen molar-refractivity contribution in [1.82, 2.24) is 14.9 Å². The Bertz CT molecular complexity index is 539. The van der Waals surface area contributed by atoms with Crippen molar-refractivity contribution in [3.8, 4) is 0 Å². The Kier molecular flexibility index (Phi) is 3.69. The van der Waals surface area contributed by atoms with Crippen LogP contribution in [0.3, 0.4) is 0 Å². The lowest BCUT2D eigenvalue weighted by molar-refractivity contribution is -0.173. The topological polar surface area (TPSA) is 84.2 Å². The van der Waals surface area contributed by atoms with Crippen LogP contribution in [-0.2, 0) is 29.1 Å². The van der Waals surface area contributed by atoms with Gasteiger partial charge in [0.25, 0.3) is 0 Å². The molecule has 1 amide bonds. The van der Waals surface area contributed by atoms with E-state index in [1.54, 1.807) is 9.88 Å². The van der Waals surface area contributed by atoms with E-state index >= 15 is 0 Å². The molecule has 0 spiro atoms. The van der Waals surface area contributed by atoms with Crippen molar-refractivity contribution < 1.29 is 27.9 Å². The Morgan fingerprint density at radius 1 is 1.50 bits per heavy atom. The third-order valence-corrected chi connectivity index (χ3v) is 3.09. The van der Waals surface area contributed by atoms with Crippen molar-refractivity contribution in [3.05, 3.63) is 17.7 Å². The van der Waals surface area contributed by atoms with Crippen LogP contribution in [0.25, 0.3) is 0 Å². The summed E-state index contributed by atoms with van der Waals surface area (Å²) in [6.45, 7) is 0.114. The fourth-order valence-electron chi connectivity index (χ4n) is 2.05. The fourth-order valence-corrected chi connectivity index (χ4v) is 2.05. The average Bonchev–Trinajstić information content (AvgIpc) is 2.76. The predicted molar refractivity (Wildman–Crippen MR) is 59.6 cm³/mol. The number of carboxylic acids is 1. The summed E-state index contributed by atoms with van der Waals surface area (Å²) in [5.41, 5.74) is 0.281. The molecule has 1 aromatic heterocycles. The molecule has 1 atom stereocenters. The van der Waals surface area contributed by atoms with Gasteiger partial charge in [0.05, 0.1) is 18.2 Å². The monoisotopic (exact) mass is 291 g/mol. The summed E-state index contributed by atoms with van der Waals surface area (Å²) in [7, 11) is 0. The van der Waals surface area contributed by atoms with Gasteiger partial charge in [0.1, 0.15) is 5.82 Å². The van der Waals surface area contributed by atoms with Crippen molar-refractivity contribution in [2.24, 2.45) is 5.92 Å². The van der Waals surface area contributed by atoms with Gasteiger partial charge in [-0.15, -0.1) is 0 Å². The third kappa shape index (κ3) is 3.09. The van der Waals surface area contributed by atoms with Crippen LogP contribution in [-0.4, -0.2) is 32.7 Å². The smallest absolute Gasteiger partial charge is 0.471 e. The number of aromatic nitrogens is 2. The van der Waals surface area contributed by atoms with E-state index in [9.17, 15) is 22.8 Å². The quantitative estimate of drug-likeness (QED) is 0.859. The summed E-state index contributed by atoms with van der Waals surface area (Å²) in [4.78, 5) is 25.6. The number of fused-ring (bicyclic) bond motifs is 1. The second kappa shape index (κ2) is 5.14. The molecule has 0 saturated heterocycles. The van der Waals surface area contributed by atoms with Gasteiger partial charge >= 0.3 is 18.1 Å². The van der Waals surface area contributed by atoms with Crippen molar-refractivity contribution in [2.45, 2.75) is 32.1 Å². The molecule has 20 heavy (non-hydrogen) atoms. The molecule has 1 aliphatic rings. The van der Waals surface area contributed by atoms with Crippen LogP contribution >= 0.6 is 0 Å². The summed E-state index contributed by atoms with van der Waals surface area (Å²) in [5, 5.41) is 10.6. The maximum absolute atomic E-state index is 12.0. The number of halogens is 3. The van der Waals surface area contributed by atoms with E-state index in [0.717, 1.165) is 0 Å². The van der Waals surface area contributed by atoms with Gasteiger partial charge in [0, 0.05) is 19.2 Å². The maximum Gasteiger partial charge on any atom is 0.471 e.